The Bertz CT molecular complexity index is 577. The third kappa shape index (κ3) is 9.23. The second-order valence-electron chi connectivity index (χ2n) is 6.98. The predicted octanol–water partition coefficient (Wildman–Crippen LogP) is 3.14. The number of ether oxygens (including phenoxy) is 1. The van der Waals surface area contributed by atoms with Crippen LogP contribution in [0.25, 0.3) is 0 Å². The number of hydrogen-bond donors (Lipinski definition) is 2. The molecule has 0 bridgehead atoms. The highest BCUT2D eigenvalue weighted by Crippen LogP contribution is 2.18. The van der Waals surface area contributed by atoms with Crippen LogP contribution >= 0.6 is 24.0 Å². The maximum atomic E-state index is 12.0. The molecule has 1 aromatic rings. The Labute approximate surface area is 186 Å². The van der Waals surface area contributed by atoms with E-state index in [4.69, 9.17) is 9.73 Å². The number of nitrogens with zero attached hydrogens (tertiary/aromatic N) is 2. The van der Waals surface area contributed by atoms with E-state index in [-0.39, 0.29) is 29.9 Å². The van der Waals surface area contributed by atoms with Crippen molar-refractivity contribution in [3.05, 3.63) is 35.9 Å². The van der Waals surface area contributed by atoms with Gasteiger partial charge < -0.3 is 20.3 Å². The van der Waals surface area contributed by atoms with Gasteiger partial charge in [0.1, 0.15) is 0 Å². The van der Waals surface area contributed by atoms with Crippen molar-refractivity contribution >= 4 is 35.8 Å². The molecular formula is C21H35IN4O2. The van der Waals surface area contributed by atoms with Gasteiger partial charge in [0.05, 0.1) is 0 Å². The number of guanidine groups is 1. The Balaban J connectivity index is 0.00000392. The van der Waals surface area contributed by atoms with Gasteiger partial charge in [-0.25, -0.2) is 0 Å². The number of rotatable bonds is 9. The smallest absolute Gasteiger partial charge is 0.251 e. The van der Waals surface area contributed by atoms with Crippen molar-refractivity contribution in [2.45, 2.75) is 32.6 Å². The molecule has 28 heavy (non-hydrogen) atoms. The van der Waals surface area contributed by atoms with Gasteiger partial charge in [-0.15, -0.1) is 24.0 Å². The largest absolute Gasteiger partial charge is 0.381 e. The van der Waals surface area contributed by atoms with E-state index in [1.54, 1.807) is 0 Å². The van der Waals surface area contributed by atoms with Crippen molar-refractivity contribution < 1.29 is 9.53 Å². The van der Waals surface area contributed by atoms with Crippen molar-refractivity contribution in [2.24, 2.45) is 10.9 Å². The Morgan fingerprint density at radius 2 is 1.93 bits per heavy atom. The second-order valence-corrected chi connectivity index (χ2v) is 6.98. The van der Waals surface area contributed by atoms with E-state index in [0.717, 1.165) is 44.6 Å². The van der Waals surface area contributed by atoms with Crippen LogP contribution in [0.15, 0.2) is 35.3 Å². The number of benzene rings is 1. The summed E-state index contributed by atoms with van der Waals surface area (Å²) in [5, 5.41) is 6.31. The molecule has 0 spiro atoms. The minimum Gasteiger partial charge on any atom is -0.381 e. The first kappa shape index (κ1) is 24.7. The molecule has 2 rings (SSSR count). The van der Waals surface area contributed by atoms with Gasteiger partial charge in [-0.2, -0.15) is 0 Å². The van der Waals surface area contributed by atoms with Crippen LogP contribution in [0.4, 0.5) is 0 Å². The predicted molar refractivity (Wildman–Crippen MR) is 126 cm³/mol. The van der Waals surface area contributed by atoms with Gasteiger partial charge in [-0.05, 0) is 50.7 Å². The van der Waals surface area contributed by atoms with Gasteiger partial charge in [0.15, 0.2) is 5.96 Å². The standard InChI is InChI=1S/C21H34N4O2.HI/c1-3-22-21(25(2)15-10-18-11-16-27-17-12-18)24-14-7-13-23-20(26)19-8-5-4-6-9-19;/h4-6,8-9,18H,3,7,10-17H2,1-2H3,(H,22,24)(H,23,26);1H. The molecule has 1 heterocycles. The van der Waals surface area contributed by atoms with E-state index in [1.165, 1.54) is 19.3 Å². The van der Waals surface area contributed by atoms with Crippen LogP contribution in [-0.2, 0) is 4.74 Å². The maximum absolute atomic E-state index is 12.0. The number of hydrogen-bond acceptors (Lipinski definition) is 3. The SMILES string of the molecule is CCNC(=NCCCNC(=O)c1ccccc1)N(C)CCC1CCOCC1.I. The van der Waals surface area contributed by atoms with Crippen molar-refractivity contribution in [1.29, 1.82) is 0 Å². The van der Waals surface area contributed by atoms with Gasteiger partial charge in [0.25, 0.3) is 5.91 Å². The normalized spacial score (nSPS) is 14.9. The minimum atomic E-state index is -0.0277. The van der Waals surface area contributed by atoms with E-state index >= 15 is 0 Å². The third-order valence-corrected chi connectivity index (χ3v) is 4.83. The molecule has 0 aliphatic carbocycles. The molecule has 1 saturated heterocycles. The van der Waals surface area contributed by atoms with Crippen LogP contribution in [0.2, 0.25) is 0 Å². The summed E-state index contributed by atoms with van der Waals surface area (Å²) >= 11 is 0. The van der Waals surface area contributed by atoms with Crippen molar-refractivity contribution in [1.82, 2.24) is 15.5 Å². The zero-order valence-corrected chi connectivity index (χ0v) is 19.5. The molecule has 0 unspecified atom stereocenters. The molecule has 1 aromatic carbocycles. The lowest BCUT2D eigenvalue weighted by Gasteiger charge is -2.26. The fourth-order valence-corrected chi connectivity index (χ4v) is 3.14. The highest BCUT2D eigenvalue weighted by atomic mass is 127. The number of nitrogens with one attached hydrogen (secondary N) is 2. The van der Waals surface area contributed by atoms with E-state index in [9.17, 15) is 4.79 Å². The fraction of sp³-hybridized carbons (Fsp3) is 0.619. The zero-order chi connectivity index (χ0) is 19.3. The topological polar surface area (TPSA) is 66.0 Å². The molecular weight excluding hydrogens is 467 g/mol. The number of carbonyl (C=O) groups excluding carboxylic acids is 1. The summed E-state index contributed by atoms with van der Waals surface area (Å²) in [6, 6.07) is 9.30. The molecule has 0 radical (unpaired) electrons. The lowest BCUT2D eigenvalue weighted by Crippen LogP contribution is -2.40. The highest BCUT2D eigenvalue weighted by molar-refractivity contribution is 14.0. The van der Waals surface area contributed by atoms with Crippen molar-refractivity contribution in [2.75, 3.05) is 46.4 Å². The molecule has 7 heteroatoms. The number of halogens is 1. The Kier molecular flexibility index (Phi) is 12.9. The Hall–Kier alpha value is -1.35. The molecule has 2 N–H and O–H groups in total. The first-order valence-corrected chi connectivity index (χ1v) is 10.1. The molecule has 1 aliphatic rings. The van der Waals surface area contributed by atoms with Crippen LogP contribution in [0.1, 0.15) is 43.0 Å². The first-order chi connectivity index (χ1) is 13.2. The summed E-state index contributed by atoms with van der Waals surface area (Å²) in [6.07, 6.45) is 4.34. The highest BCUT2D eigenvalue weighted by Gasteiger charge is 2.15. The van der Waals surface area contributed by atoms with Crippen molar-refractivity contribution in [3.63, 3.8) is 0 Å². The number of carbonyl (C=O) groups is 1. The monoisotopic (exact) mass is 502 g/mol. The molecule has 1 aliphatic heterocycles. The fourth-order valence-electron chi connectivity index (χ4n) is 3.14. The van der Waals surface area contributed by atoms with E-state index in [2.05, 4.69) is 29.5 Å². The van der Waals surface area contributed by atoms with Gasteiger partial charge in [-0.3, -0.25) is 9.79 Å². The minimum absolute atomic E-state index is 0. The molecule has 6 nitrogen and oxygen atoms in total. The number of aliphatic imine (C=N–C) groups is 1. The Morgan fingerprint density at radius 3 is 2.61 bits per heavy atom. The maximum Gasteiger partial charge on any atom is 0.251 e. The zero-order valence-electron chi connectivity index (χ0n) is 17.2. The molecule has 1 amide bonds. The van der Waals surface area contributed by atoms with E-state index < -0.39 is 0 Å². The van der Waals surface area contributed by atoms with Gasteiger partial charge in [0.2, 0.25) is 0 Å². The average Bonchev–Trinajstić information content (AvgIpc) is 2.72. The summed E-state index contributed by atoms with van der Waals surface area (Å²) < 4.78 is 5.43. The van der Waals surface area contributed by atoms with Gasteiger partial charge >= 0.3 is 0 Å². The molecule has 158 valence electrons. The Morgan fingerprint density at radius 1 is 1.21 bits per heavy atom. The van der Waals surface area contributed by atoms with E-state index in [1.807, 2.05) is 30.3 Å². The third-order valence-electron chi connectivity index (χ3n) is 4.83. The molecule has 0 saturated carbocycles. The summed E-state index contributed by atoms with van der Waals surface area (Å²) in [5.41, 5.74) is 0.696. The molecule has 0 atom stereocenters. The van der Waals surface area contributed by atoms with Crippen LogP contribution < -0.4 is 10.6 Å². The second kappa shape index (κ2) is 14.6. The summed E-state index contributed by atoms with van der Waals surface area (Å²) in [6.45, 7) is 7.06. The molecule has 0 aromatic heterocycles. The van der Waals surface area contributed by atoms with Crippen LogP contribution in [-0.4, -0.2) is 63.2 Å². The van der Waals surface area contributed by atoms with E-state index in [0.29, 0.717) is 18.7 Å². The van der Waals surface area contributed by atoms with Crippen LogP contribution in [0.3, 0.4) is 0 Å². The van der Waals surface area contributed by atoms with Gasteiger partial charge in [-0.1, -0.05) is 18.2 Å². The lowest BCUT2D eigenvalue weighted by atomic mass is 9.96. The first-order valence-electron chi connectivity index (χ1n) is 10.1. The number of amides is 1. The summed E-state index contributed by atoms with van der Waals surface area (Å²) in [5.74, 6) is 1.68. The summed E-state index contributed by atoms with van der Waals surface area (Å²) in [7, 11) is 2.10. The van der Waals surface area contributed by atoms with Crippen molar-refractivity contribution in [3.8, 4) is 0 Å². The quantitative estimate of drug-likeness (QED) is 0.236. The summed E-state index contributed by atoms with van der Waals surface area (Å²) in [4.78, 5) is 18.9. The average molecular weight is 502 g/mol. The van der Waals surface area contributed by atoms with Crippen LogP contribution in [0, 0.1) is 5.92 Å². The van der Waals surface area contributed by atoms with Gasteiger partial charge in [0, 0.05) is 52.0 Å². The van der Waals surface area contributed by atoms with Crippen LogP contribution in [0.5, 0.6) is 0 Å². The molecule has 1 fully saturated rings. The lowest BCUT2D eigenvalue weighted by molar-refractivity contribution is 0.0625.